The van der Waals surface area contributed by atoms with E-state index in [2.05, 4.69) is 0 Å². The van der Waals surface area contributed by atoms with E-state index >= 15 is 0 Å². The van der Waals surface area contributed by atoms with Gasteiger partial charge in [0, 0.05) is 33.2 Å². The molecule has 0 bridgehead atoms. The molecule has 0 saturated carbocycles. The minimum absolute atomic E-state index is 0.0246. The summed E-state index contributed by atoms with van der Waals surface area (Å²) in [6.45, 7) is 3.92. The van der Waals surface area contributed by atoms with Crippen molar-refractivity contribution in [3.63, 3.8) is 0 Å². The average Bonchev–Trinajstić information content (AvgIpc) is 2.17. The summed E-state index contributed by atoms with van der Waals surface area (Å²) in [6, 6.07) is 0. The molecular formula is C11H15NO4S. The number of carbonyl (C=O) groups excluding carboxylic acids is 2. The number of hydrogen-bond donors (Lipinski definition) is 0. The van der Waals surface area contributed by atoms with Gasteiger partial charge in [0.05, 0.1) is 5.03 Å². The fourth-order valence-electron chi connectivity index (χ4n) is 1.77. The maximum absolute atomic E-state index is 11.8. The lowest BCUT2D eigenvalue weighted by Crippen LogP contribution is -2.43. The van der Waals surface area contributed by atoms with E-state index in [1.807, 2.05) is 11.9 Å². The molecule has 0 aliphatic carbocycles. The summed E-state index contributed by atoms with van der Waals surface area (Å²) in [5.41, 5.74) is 0.0246. The van der Waals surface area contributed by atoms with Crippen LogP contribution in [0.4, 0.5) is 0 Å². The summed E-state index contributed by atoms with van der Waals surface area (Å²) < 4.78 is 10.2. The summed E-state index contributed by atoms with van der Waals surface area (Å²) in [5.74, 6) is -1.46. The van der Waals surface area contributed by atoms with Gasteiger partial charge in [0.25, 0.3) is 5.79 Å². The van der Waals surface area contributed by atoms with E-state index in [0.29, 0.717) is 5.03 Å². The number of ether oxygens (including phenoxy) is 2. The first-order chi connectivity index (χ1) is 7.91. The van der Waals surface area contributed by atoms with Crippen molar-refractivity contribution in [2.75, 3.05) is 19.3 Å². The Morgan fingerprint density at radius 1 is 1.24 bits per heavy atom. The molecule has 0 unspecified atom stereocenters. The first-order valence-electron chi connectivity index (χ1n) is 5.45. The van der Waals surface area contributed by atoms with Crippen molar-refractivity contribution >= 4 is 23.7 Å². The zero-order valence-electron chi connectivity index (χ0n) is 10.1. The second kappa shape index (κ2) is 4.25. The average molecular weight is 257 g/mol. The summed E-state index contributed by atoms with van der Waals surface area (Å²) >= 11 is 1.49. The molecule has 0 spiro atoms. The Labute approximate surface area is 104 Å². The van der Waals surface area contributed by atoms with Gasteiger partial charge in [0.15, 0.2) is 5.57 Å². The minimum atomic E-state index is -1.17. The van der Waals surface area contributed by atoms with Gasteiger partial charge in [-0.25, -0.2) is 9.59 Å². The van der Waals surface area contributed by atoms with Gasteiger partial charge in [-0.15, -0.1) is 11.8 Å². The van der Waals surface area contributed by atoms with Crippen LogP contribution in [0.5, 0.6) is 0 Å². The summed E-state index contributed by atoms with van der Waals surface area (Å²) in [6.07, 6.45) is 1.04. The molecule has 2 fully saturated rings. The van der Waals surface area contributed by atoms with Crippen molar-refractivity contribution < 1.29 is 19.1 Å². The van der Waals surface area contributed by atoms with Gasteiger partial charge in [0.2, 0.25) is 0 Å². The molecule has 2 aliphatic rings. The summed E-state index contributed by atoms with van der Waals surface area (Å²) in [5, 5.41) is 0.654. The molecule has 0 radical (unpaired) electrons. The molecule has 6 heteroatoms. The van der Waals surface area contributed by atoms with Crippen molar-refractivity contribution in [1.82, 2.24) is 4.90 Å². The number of rotatable bonds is 0. The normalized spacial score (nSPS) is 24.5. The molecular weight excluding hydrogens is 242 g/mol. The van der Waals surface area contributed by atoms with Crippen molar-refractivity contribution in [2.24, 2.45) is 0 Å². The molecule has 0 aromatic rings. The highest BCUT2D eigenvalue weighted by atomic mass is 32.2. The fourth-order valence-corrected chi connectivity index (χ4v) is 2.86. The van der Waals surface area contributed by atoms with Crippen LogP contribution >= 0.6 is 11.8 Å². The standard InChI is InChI=1S/C11H15NO4S/c1-11(2)15-9(13)7(10(14)16-11)8-12(3)5-4-6-17-8/h4-6H2,1-3H3. The van der Waals surface area contributed by atoms with E-state index in [9.17, 15) is 9.59 Å². The van der Waals surface area contributed by atoms with Crippen molar-refractivity contribution in [3.05, 3.63) is 10.6 Å². The molecule has 94 valence electrons. The van der Waals surface area contributed by atoms with Gasteiger partial charge in [0.1, 0.15) is 0 Å². The quantitative estimate of drug-likeness (QED) is 0.368. The Bertz CT molecular complexity index is 380. The Balaban J connectivity index is 2.34. The second-order valence-corrected chi connectivity index (χ2v) is 5.57. The zero-order valence-corrected chi connectivity index (χ0v) is 10.9. The molecule has 2 aliphatic heterocycles. The van der Waals surface area contributed by atoms with Gasteiger partial charge in [-0.2, -0.15) is 0 Å². The van der Waals surface area contributed by atoms with Crippen molar-refractivity contribution in [2.45, 2.75) is 26.1 Å². The van der Waals surface area contributed by atoms with Gasteiger partial charge in [-0.05, 0) is 6.42 Å². The van der Waals surface area contributed by atoms with Crippen LogP contribution in [0.25, 0.3) is 0 Å². The summed E-state index contributed by atoms with van der Waals surface area (Å²) in [4.78, 5) is 25.6. The number of nitrogens with zero attached hydrogens (tertiary/aromatic N) is 1. The van der Waals surface area contributed by atoms with E-state index in [4.69, 9.17) is 9.47 Å². The lowest BCUT2D eigenvalue weighted by atomic mass is 10.2. The maximum Gasteiger partial charge on any atom is 0.351 e. The number of hydrogen-bond acceptors (Lipinski definition) is 6. The van der Waals surface area contributed by atoms with Crippen LogP contribution in [-0.2, 0) is 19.1 Å². The zero-order chi connectivity index (χ0) is 12.6. The topological polar surface area (TPSA) is 55.8 Å². The Kier molecular flexibility index (Phi) is 3.07. The van der Waals surface area contributed by atoms with Crippen LogP contribution in [-0.4, -0.2) is 42.0 Å². The van der Waals surface area contributed by atoms with Gasteiger partial charge < -0.3 is 14.4 Å². The lowest BCUT2D eigenvalue weighted by molar-refractivity contribution is -0.222. The molecule has 2 rings (SSSR count). The van der Waals surface area contributed by atoms with Crippen LogP contribution in [0.15, 0.2) is 10.6 Å². The van der Waals surface area contributed by atoms with Crippen LogP contribution in [0, 0.1) is 0 Å². The molecule has 5 nitrogen and oxygen atoms in total. The maximum atomic E-state index is 11.8. The van der Waals surface area contributed by atoms with Crippen LogP contribution in [0.3, 0.4) is 0 Å². The number of carbonyl (C=O) groups is 2. The molecule has 2 saturated heterocycles. The molecule has 2 heterocycles. The highest BCUT2D eigenvalue weighted by Gasteiger charge is 2.42. The van der Waals surface area contributed by atoms with Crippen LogP contribution in [0.1, 0.15) is 20.3 Å². The minimum Gasteiger partial charge on any atom is -0.419 e. The third-order valence-electron chi connectivity index (χ3n) is 2.52. The monoisotopic (exact) mass is 257 g/mol. The van der Waals surface area contributed by atoms with E-state index in [-0.39, 0.29) is 5.57 Å². The first kappa shape index (κ1) is 12.3. The van der Waals surface area contributed by atoms with E-state index in [1.54, 1.807) is 13.8 Å². The molecule has 17 heavy (non-hydrogen) atoms. The smallest absolute Gasteiger partial charge is 0.351 e. The van der Waals surface area contributed by atoms with E-state index in [0.717, 1.165) is 18.7 Å². The van der Waals surface area contributed by atoms with E-state index in [1.165, 1.54) is 11.8 Å². The third kappa shape index (κ3) is 2.41. The van der Waals surface area contributed by atoms with Crippen LogP contribution < -0.4 is 0 Å². The molecule has 0 amide bonds. The lowest BCUT2D eigenvalue weighted by Gasteiger charge is -2.33. The molecule has 0 atom stereocenters. The van der Waals surface area contributed by atoms with Crippen molar-refractivity contribution in [1.29, 1.82) is 0 Å². The SMILES string of the molecule is CN1CCCSC1=C1C(=O)OC(C)(C)OC1=O. The Morgan fingerprint density at radius 2 is 1.82 bits per heavy atom. The number of cyclic esters (lactones) is 2. The predicted molar refractivity (Wildman–Crippen MR) is 63.0 cm³/mol. The Morgan fingerprint density at radius 3 is 2.35 bits per heavy atom. The largest absolute Gasteiger partial charge is 0.419 e. The molecule has 0 N–H and O–H groups in total. The van der Waals surface area contributed by atoms with Gasteiger partial charge >= 0.3 is 11.9 Å². The van der Waals surface area contributed by atoms with E-state index < -0.39 is 17.7 Å². The predicted octanol–water partition coefficient (Wildman–Crippen LogP) is 1.10. The third-order valence-corrected chi connectivity index (χ3v) is 3.80. The summed E-state index contributed by atoms with van der Waals surface area (Å²) in [7, 11) is 1.86. The molecule has 0 aromatic carbocycles. The van der Waals surface area contributed by atoms with Crippen LogP contribution in [0.2, 0.25) is 0 Å². The second-order valence-electron chi connectivity index (χ2n) is 4.48. The van der Waals surface area contributed by atoms with Gasteiger partial charge in [-0.1, -0.05) is 0 Å². The highest BCUT2D eigenvalue weighted by molar-refractivity contribution is 8.03. The Hall–Kier alpha value is -1.17. The number of esters is 2. The fraction of sp³-hybridized carbons (Fsp3) is 0.636. The first-order valence-corrected chi connectivity index (χ1v) is 6.44. The van der Waals surface area contributed by atoms with Gasteiger partial charge in [-0.3, -0.25) is 0 Å². The highest BCUT2D eigenvalue weighted by Crippen LogP contribution is 2.33. The molecule has 0 aromatic heterocycles. The number of thioether (sulfide) groups is 1. The van der Waals surface area contributed by atoms with Crippen molar-refractivity contribution in [3.8, 4) is 0 Å².